The number of methoxy groups -OCH3 is 2. The van der Waals surface area contributed by atoms with Crippen LogP contribution in [0.15, 0.2) is 84.9 Å². The number of carbonyl (C=O) groups excluding carboxylic acids is 1. The zero-order valence-electron chi connectivity index (χ0n) is 19.2. The number of hydrogen-bond acceptors (Lipinski definition) is 4. The Labute approximate surface area is 195 Å². The van der Waals surface area contributed by atoms with Gasteiger partial charge in [0, 0.05) is 32.3 Å². The van der Waals surface area contributed by atoms with Crippen LogP contribution in [0.1, 0.15) is 22.7 Å². The fraction of sp³-hybridized carbons (Fsp3) is 0.250. The summed E-state index contributed by atoms with van der Waals surface area (Å²) in [5.74, 6) is 1.34. The highest BCUT2D eigenvalue weighted by atomic mass is 16.5. The standard InChI is InChI=1S/C28H30N2O3/c1-32-25-15-13-22(21-26(25)33-2)14-16-27(31)29-17-19-30(20-18-29)28(23-9-5-3-6-10-23)24-11-7-4-8-12-24/h3-16,21,28H,17-20H2,1-2H3/b16-14+. The quantitative estimate of drug-likeness (QED) is 0.500. The van der Waals surface area contributed by atoms with Gasteiger partial charge in [-0.15, -0.1) is 0 Å². The first-order valence-corrected chi connectivity index (χ1v) is 11.2. The molecule has 4 rings (SSSR count). The first kappa shape index (κ1) is 22.6. The summed E-state index contributed by atoms with van der Waals surface area (Å²) >= 11 is 0. The van der Waals surface area contributed by atoms with E-state index in [9.17, 15) is 4.79 Å². The summed E-state index contributed by atoms with van der Waals surface area (Å²) in [5, 5.41) is 0. The van der Waals surface area contributed by atoms with Gasteiger partial charge < -0.3 is 14.4 Å². The number of amides is 1. The van der Waals surface area contributed by atoms with Crippen LogP contribution in [-0.4, -0.2) is 56.1 Å². The van der Waals surface area contributed by atoms with Gasteiger partial charge in [-0.2, -0.15) is 0 Å². The zero-order valence-corrected chi connectivity index (χ0v) is 19.2. The highest BCUT2D eigenvalue weighted by Crippen LogP contribution is 2.30. The van der Waals surface area contributed by atoms with Gasteiger partial charge >= 0.3 is 0 Å². The molecule has 0 bridgehead atoms. The summed E-state index contributed by atoms with van der Waals surface area (Å²) in [5.41, 5.74) is 3.45. The molecule has 5 nitrogen and oxygen atoms in total. The van der Waals surface area contributed by atoms with Crippen molar-refractivity contribution in [3.63, 3.8) is 0 Å². The molecule has 1 aliphatic heterocycles. The topological polar surface area (TPSA) is 42.0 Å². The van der Waals surface area contributed by atoms with E-state index in [0.29, 0.717) is 24.6 Å². The largest absolute Gasteiger partial charge is 0.493 e. The Kier molecular flexibility index (Phi) is 7.43. The lowest BCUT2D eigenvalue weighted by Crippen LogP contribution is -2.49. The Hall–Kier alpha value is -3.57. The van der Waals surface area contributed by atoms with E-state index < -0.39 is 0 Å². The normalized spacial score (nSPS) is 14.6. The molecule has 0 aliphatic carbocycles. The smallest absolute Gasteiger partial charge is 0.246 e. The lowest BCUT2D eigenvalue weighted by atomic mass is 9.96. The SMILES string of the molecule is COc1ccc(/C=C/C(=O)N2CCN(C(c3ccccc3)c3ccccc3)CC2)cc1OC. The molecule has 0 unspecified atom stereocenters. The lowest BCUT2D eigenvalue weighted by Gasteiger charge is -2.39. The van der Waals surface area contributed by atoms with Gasteiger partial charge in [0.25, 0.3) is 0 Å². The summed E-state index contributed by atoms with van der Waals surface area (Å²) in [6.45, 7) is 3.05. The third kappa shape index (κ3) is 5.44. The Balaban J connectivity index is 1.42. The van der Waals surface area contributed by atoms with Crippen LogP contribution in [0, 0.1) is 0 Å². The summed E-state index contributed by atoms with van der Waals surface area (Å²) < 4.78 is 10.6. The van der Waals surface area contributed by atoms with Crippen molar-refractivity contribution in [3.05, 3.63) is 102 Å². The number of carbonyl (C=O) groups is 1. The number of rotatable bonds is 7. The van der Waals surface area contributed by atoms with Gasteiger partial charge in [0.15, 0.2) is 11.5 Å². The third-order valence-corrected chi connectivity index (χ3v) is 6.05. The summed E-state index contributed by atoms with van der Waals surface area (Å²) in [4.78, 5) is 17.2. The minimum atomic E-state index is 0.0282. The van der Waals surface area contributed by atoms with Gasteiger partial charge in [-0.1, -0.05) is 66.7 Å². The minimum Gasteiger partial charge on any atom is -0.493 e. The number of ether oxygens (including phenoxy) is 2. The molecule has 1 fully saturated rings. The van der Waals surface area contributed by atoms with Crippen molar-refractivity contribution in [2.24, 2.45) is 0 Å². The van der Waals surface area contributed by atoms with E-state index in [1.54, 1.807) is 20.3 Å². The molecule has 33 heavy (non-hydrogen) atoms. The highest BCUT2D eigenvalue weighted by Gasteiger charge is 2.27. The average Bonchev–Trinajstić information content (AvgIpc) is 2.89. The molecule has 5 heteroatoms. The van der Waals surface area contributed by atoms with E-state index in [2.05, 4.69) is 53.4 Å². The molecule has 3 aromatic carbocycles. The number of nitrogens with zero attached hydrogens (tertiary/aromatic N) is 2. The Morgan fingerprint density at radius 1 is 0.788 bits per heavy atom. The molecule has 1 saturated heterocycles. The van der Waals surface area contributed by atoms with Crippen molar-refractivity contribution in [1.82, 2.24) is 9.80 Å². The molecule has 0 spiro atoms. The number of hydrogen-bond donors (Lipinski definition) is 0. The number of benzene rings is 3. The third-order valence-electron chi connectivity index (χ3n) is 6.05. The van der Waals surface area contributed by atoms with E-state index in [-0.39, 0.29) is 11.9 Å². The first-order chi connectivity index (χ1) is 16.2. The van der Waals surface area contributed by atoms with Crippen LogP contribution < -0.4 is 9.47 Å². The van der Waals surface area contributed by atoms with Gasteiger partial charge in [0.05, 0.1) is 20.3 Å². The molecule has 1 amide bonds. The Morgan fingerprint density at radius 3 is 1.91 bits per heavy atom. The molecule has 0 atom stereocenters. The predicted molar refractivity (Wildman–Crippen MR) is 131 cm³/mol. The van der Waals surface area contributed by atoms with Crippen LogP contribution in [0.3, 0.4) is 0 Å². The summed E-state index contributed by atoms with van der Waals surface area (Å²) in [6, 6.07) is 27.0. The van der Waals surface area contributed by atoms with Crippen LogP contribution in [-0.2, 0) is 4.79 Å². The van der Waals surface area contributed by atoms with E-state index in [1.165, 1.54) is 11.1 Å². The van der Waals surface area contributed by atoms with Crippen LogP contribution in [0.5, 0.6) is 11.5 Å². The molecule has 0 saturated carbocycles. The molecular formula is C28H30N2O3. The van der Waals surface area contributed by atoms with Crippen molar-refractivity contribution in [3.8, 4) is 11.5 Å². The molecule has 170 valence electrons. The maximum atomic E-state index is 12.8. The predicted octanol–water partition coefficient (Wildman–Crippen LogP) is 4.65. The summed E-state index contributed by atoms with van der Waals surface area (Å²) in [6.07, 6.45) is 3.47. The Bertz CT molecular complexity index is 1040. The van der Waals surface area contributed by atoms with Crippen LogP contribution in [0.25, 0.3) is 6.08 Å². The fourth-order valence-corrected chi connectivity index (χ4v) is 4.31. The maximum Gasteiger partial charge on any atom is 0.246 e. The van der Waals surface area contributed by atoms with Gasteiger partial charge in [0.1, 0.15) is 0 Å². The van der Waals surface area contributed by atoms with Crippen molar-refractivity contribution in [1.29, 1.82) is 0 Å². The van der Waals surface area contributed by atoms with Gasteiger partial charge in [-0.05, 0) is 34.9 Å². The second-order valence-electron chi connectivity index (χ2n) is 8.03. The average molecular weight is 443 g/mol. The highest BCUT2D eigenvalue weighted by molar-refractivity contribution is 5.92. The summed E-state index contributed by atoms with van der Waals surface area (Å²) in [7, 11) is 3.21. The van der Waals surface area contributed by atoms with E-state index in [1.807, 2.05) is 41.3 Å². The fourth-order valence-electron chi connectivity index (χ4n) is 4.31. The molecule has 3 aromatic rings. The second kappa shape index (κ2) is 10.8. The van der Waals surface area contributed by atoms with Crippen LogP contribution in [0.2, 0.25) is 0 Å². The van der Waals surface area contributed by atoms with Crippen molar-refractivity contribution >= 4 is 12.0 Å². The van der Waals surface area contributed by atoms with Gasteiger partial charge in [0.2, 0.25) is 5.91 Å². The van der Waals surface area contributed by atoms with Gasteiger partial charge in [-0.25, -0.2) is 0 Å². The van der Waals surface area contributed by atoms with E-state index >= 15 is 0 Å². The van der Waals surface area contributed by atoms with Crippen LogP contribution >= 0.6 is 0 Å². The zero-order chi connectivity index (χ0) is 23.0. The monoisotopic (exact) mass is 442 g/mol. The van der Waals surface area contributed by atoms with Crippen LogP contribution in [0.4, 0.5) is 0 Å². The molecule has 1 heterocycles. The van der Waals surface area contributed by atoms with E-state index in [4.69, 9.17) is 9.47 Å². The first-order valence-electron chi connectivity index (χ1n) is 11.2. The molecule has 0 aromatic heterocycles. The maximum absolute atomic E-state index is 12.8. The van der Waals surface area contributed by atoms with Gasteiger partial charge in [-0.3, -0.25) is 9.69 Å². The van der Waals surface area contributed by atoms with Crippen molar-refractivity contribution < 1.29 is 14.3 Å². The Morgan fingerprint density at radius 2 is 1.36 bits per heavy atom. The number of piperazine rings is 1. The second-order valence-corrected chi connectivity index (χ2v) is 8.03. The van der Waals surface area contributed by atoms with Crippen molar-refractivity contribution in [2.75, 3.05) is 40.4 Å². The van der Waals surface area contributed by atoms with E-state index in [0.717, 1.165) is 18.7 Å². The van der Waals surface area contributed by atoms with Crippen molar-refractivity contribution in [2.45, 2.75) is 6.04 Å². The molecule has 0 radical (unpaired) electrons. The lowest BCUT2D eigenvalue weighted by molar-refractivity contribution is -0.127. The minimum absolute atomic E-state index is 0.0282. The molecular weight excluding hydrogens is 412 g/mol. The molecule has 1 aliphatic rings. The molecule has 0 N–H and O–H groups in total.